The average molecular weight is 476 g/mol. The molecular formula is C25H25SSn-. The van der Waals surface area contributed by atoms with Crippen molar-refractivity contribution in [3.05, 3.63) is 139 Å². The molecule has 0 bridgehead atoms. The fraction of sp³-hybridized carbons (Fsp3) is 0.0400. The minimum atomic E-state index is 0. The van der Waals surface area contributed by atoms with E-state index in [2.05, 4.69) is 6.92 Å². The third-order valence-electron chi connectivity index (χ3n) is 3.02. The van der Waals surface area contributed by atoms with Gasteiger partial charge >= 0.3 is 0 Å². The van der Waals surface area contributed by atoms with Gasteiger partial charge < -0.3 is 12.6 Å². The fourth-order valence-corrected chi connectivity index (χ4v) is 1.83. The molecule has 4 aromatic carbocycles. The van der Waals surface area contributed by atoms with Crippen molar-refractivity contribution >= 4 is 36.5 Å². The van der Waals surface area contributed by atoms with Crippen molar-refractivity contribution in [3.63, 3.8) is 0 Å². The summed E-state index contributed by atoms with van der Waals surface area (Å²) >= 11 is 4.87. The summed E-state index contributed by atoms with van der Waals surface area (Å²) < 4.78 is 0. The molecule has 0 saturated carbocycles. The van der Waals surface area contributed by atoms with Crippen LogP contribution in [0.1, 0.15) is 5.56 Å². The van der Waals surface area contributed by atoms with Crippen molar-refractivity contribution in [2.45, 2.75) is 11.8 Å². The van der Waals surface area contributed by atoms with Crippen molar-refractivity contribution in [2.75, 3.05) is 0 Å². The van der Waals surface area contributed by atoms with E-state index < -0.39 is 0 Å². The molecule has 0 N–H and O–H groups in total. The van der Waals surface area contributed by atoms with Gasteiger partial charge in [-0.25, -0.2) is 0 Å². The monoisotopic (exact) mass is 477 g/mol. The van der Waals surface area contributed by atoms with Gasteiger partial charge in [0, 0.05) is 23.9 Å². The minimum absolute atomic E-state index is 0. The Bertz CT molecular complexity index is 566. The summed E-state index contributed by atoms with van der Waals surface area (Å²) in [5.74, 6) is 0. The minimum Gasteiger partial charge on any atom is -0.780 e. The van der Waals surface area contributed by atoms with Crippen molar-refractivity contribution in [1.82, 2.24) is 0 Å². The molecule has 0 amide bonds. The van der Waals surface area contributed by atoms with Crippen LogP contribution in [0, 0.1) is 6.92 Å². The van der Waals surface area contributed by atoms with Crippen molar-refractivity contribution < 1.29 is 0 Å². The Kier molecular flexibility index (Phi) is 17.2. The molecule has 4 aromatic rings. The Hall–Kier alpha value is -2.10. The number of hydrogen-bond donors (Lipinski definition) is 0. The second-order valence-corrected chi connectivity index (χ2v) is 5.75. The Morgan fingerprint density at radius 2 is 0.593 bits per heavy atom. The summed E-state index contributed by atoms with van der Waals surface area (Å²) in [6.45, 7) is 2.05. The van der Waals surface area contributed by atoms with Crippen LogP contribution < -0.4 is 0 Å². The maximum atomic E-state index is 4.87. The SMILES string of the molecule is Cc1ccc([S-])cc1.[Sn].c1ccccc1.c1ccccc1.c1ccccc1. The average Bonchev–Trinajstić information content (AvgIpc) is 2.75. The van der Waals surface area contributed by atoms with Crippen molar-refractivity contribution in [1.29, 1.82) is 0 Å². The maximum absolute atomic E-state index is 4.87. The van der Waals surface area contributed by atoms with Crippen LogP contribution in [0.25, 0.3) is 0 Å². The molecule has 0 aliphatic heterocycles. The summed E-state index contributed by atoms with van der Waals surface area (Å²) in [6.07, 6.45) is 0. The summed E-state index contributed by atoms with van der Waals surface area (Å²) in [5.41, 5.74) is 1.26. The topological polar surface area (TPSA) is 0 Å². The molecule has 0 heterocycles. The molecule has 0 spiro atoms. The van der Waals surface area contributed by atoms with Gasteiger partial charge in [0.1, 0.15) is 0 Å². The van der Waals surface area contributed by atoms with Gasteiger partial charge in [0.25, 0.3) is 0 Å². The van der Waals surface area contributed by atoms with E-state index in [1.807, 2.05) is 133 Å². The molecule has 2 heteroatoms. The third-order valence-corrected chi connectivity index (χ3v) is 3.29. The molecule has 27 heavy (non-hydrogen) atoms. The van der Waals surface area contributed by atoms with E-state index >= 15 is 0 Å². The first kappa shape index (κ1) is 24.9. The Labute approximate surface area is 186 Å². The molecule has 0 aliphatic rings. The van der Waals surface area contributed by atoms with Gasteiger partial charge in [0.15, 0.2) is 0 Å². The van der Waals surface area contributed by atoms with E-state index in [1.165, 1.54) is 5.56 Å². The van der Waals surface area contributed by atoms with Crippen LogP contribution in [-0.4, -0.2) is 23.9 Å². The van der Waals surface area contributed by atoms with Gasteiger partial charge in [0.05, 0.1) is 0 Å². The smallest absolute Gasteiger partial charge is 0 e. The van der Waals surface area contributed by atoms with Gasteiger partial charge in [-0.1, -0.05) is 139 Å². The van der Waals surface area contributed by atoms with Gasteiger partial charge in [-0.3, -0.25) is 0 Å². The van der Waals surface area contributed by atoms with Gasteiger partial charge in [0.2, 0.25) is 0 Å². The first-order valence-electron chi connectivity index (χ1n) is 8.53. The van der Waals surface area contributed by atoms with Crippen LogP contribution in [0.3, 0.4) is 0 Å². The van der Waals surface area contributed by atoms with Crippen LogP contribution in [0.5, 0.6) is 0 Å². The molecular weight excluding hydrogens is 451 g/mol. The molecule has 4 radical (unpaired) electrons. The van der Waals surface area contributed by atoms with Gasteiger partial charge in [-0.2, -0.15) is 4.90 Å². The van der Waals surface area contributed by atoms with Crippen LogP contribution in [0.15, 0.2) is 138 Å². The molecule has 0 nitrogen and oxygen atoms in total. The zero-order valence-electron chi connectivity index (χ0n) is 15.6. The Balaban J connectivity index is 0.000000332. The van der Waals surface area contributed by atoms with E-state index in [4.69, 9.17) is 12.6 Å². The molecule has 0 fully saturated rings. The second-order valence-electron chi connectivity index (χ2n) is 5.28. The van der Waals surface area contributed by atoms with Crippen LogP contribution in [-0.2, 0) is 12.6 Å². The predicted octanol–water partition coefficient (Wildman–Crippen LogP) is 6.58. The zero-order chi connectivity index (χ0) is 18.7. The molecule has 4 rings (SSSR count). The molecule has 0 saturated heterocycles. The molecule has 136 valence electrons. The van der Waals surface area contributed by atoms with E-state index in [1.54, 1.807) is 0 Å². The summed E-state index contributed by atoms with van der Waals surface area (Å²) in [5, 5.41) is 0. The summed E-state index contributed by atoms with van der Waals surface area (Å²) in [6, 6.07) is 43.9. The summed E-state index contributed by atoms with van der Waals surface area (Å²) in [4.78, 5) is 0.913. The van der Waals surface area contributed by atoms with Crippen molar-refractivity contribution in [3.8, 4) is 0 Å². The van der Waals surface area contributed by atoms with Crippen LogP contribution >= 0.6 is 0 Å². The number of hydrogen-bond acceptors (Lipinski definition) is 1. The summed E-state index contributed by atoms with van der Waals surface area (Å²) in [7, 11) is 0. The van der Waals surface area contributed by atoms with E-state index in [-0.39, 0.29) is 23.9 Å². The predicted molar refractivity (Wildman–Crippen MR) is 122 cm³/mol. The maximum Gasteiger partial charge on any atom is 0 e. The normalized spacial score (nSPS) is 8.04. The van der Waals surface area contributed by atoms with Crippen LogP contribution in [0.4, 0.5) is 0 Å². The standard InChI is InChI=1S/C7H8S.3C6H6.Sn/c1-6-2-4-7(8)5-3-6;3*1-2-4-6-5-3-1;/h2-5,8H,1H3;3*1-6H;/p-1. The first-order chi connectivity index (χ1) is 12.8. The molecule has 0 aromatic heterocycles. The van der Waals surface area contributed by atoms with Crippen LogP contribution in [0.2, 0.25) is 0 Å². The van der Waals surface area contributed by atoms with E-state index in [9.17, 15) is 0 Å². The van der Waals surface area contributed by atoms with E-state index in [0.29, 0.717) is 0 Å². The molecule has 0 aliphatic carbocycles. The number of aryl methyl sites for hydroxylation is 1. The number of benzene rings is 4. The second kappa shape index (κ2) is 18.7. The first-order valence-corrected chi connectivity index (χ1v) is 8.93. The quantitative estimate of drug-likeness (QED) is 0.204. The Morgan fingerprint density at radius 3 is 0.741 bits per heavy atom. The van der Waals surface area contributed by atoms with Gasteiger partial charge in [-0.15, -0.1) is 0 Å². The number of rotatable bonds is 0. The zero-order valence-corrected chi connectivity index (χ0v) is 19.3. The molecule has 0 unspecified atom stereocenters. The van der Waals surface area contributed by atoms with E-state index in [0.717, 1.165) is 4.90 Å². The molecule has 0 atom stereocenters. The fourth-order valence-electron chi connectivity index (χ4n) is 1.69. The van der Waals surface area contributed by atoms with Gasteiger partial charge in [-0.05, 0) is 6.92 Å². The van der Waals surface area contributed by atoms with Crippen molar-refractivity contribution in [2.24, 2.45) is 0 Å². The largest absolute Gasteiger partial charge is 0.780 e. The Morgan fingerprint density at radius 1 is 0.407 bits per heavy atom. The third kappa shape index (κ3) is 17.1.